The molecule has 5 nitrogen and oxygen atoms in total. The highest BCUT2D eigenvalue weighted by atomic mass is 19.4. The summed E-state index contributed by atoms with van der Waals surface area (Å²) in [6, 6.07) is 7.42. The maximum atomic E-state index is 13.0. The number of hydrogen-bond donors (Lipinski definition) is 1. The molecule has 0 aliphatic heterocycles. The van der Waals surface area contributed by atoms with Crippen molar-refractivity contribution in [3.05, 3.63) is 47.5 Å². The summed E-state index contributed by atoms with van der Waals surface area (Å²) < 4.78 is 54.7. The lowest BCUT2D eigenvalue weighted by Gasteiger charge is -2.15. The second-order valence-electron chi connectivity index (χ2n) is 5.58. The van der Waals surface area contributed by atoms with Gasteiger partial charge in [0.2, 0.25) is 0 Å². The van der Waals surface area contributed by atoms with Crippen LogP contribution in [0.15, 0.2) is 36.4 Å². The largest absolute Gasteiger partial charge is 0.493 e. The number of anilines is 1. The van der Waals surface area contributed by atoms with Crippen molar-refractivity contribution < 1.29 is 32.2 Å². The molecular weight excluding hydrogens is 363 g/mol. The fourth-order valence-corrected chi connectivity index (χ4v) is 2.31. The number of hydrogen-bond acceptors (Lipinski definition) is 4. The zero-order valence-corrected chi connectivity index (χ0v) is 15.1. The Hall–Kier alpha value is -2.90. The number of alkyl halides is 3. The van der Waals surface area contributed by atoms with Crippen molar-refractivity contribution in [3.8, 4) is 17.2 Å². The van der Waals surface area contributed by atoms with Crippen LogP contribution in [0.4, 0.5) is 18.9 Å². The monoisotopic (exact) mass is 383 g/mol. The van der Waals surface area contributed by atoms with Crippen LogP contribution in [0.5, 0.6) is 17.2 Å². The lowest BCUT2D eigenvalue weighted by Crippen LogP contribution is -2.15. The predicted molar refractivity (Wildman–Crippen MR) is 94.7 cm³/mol. The van der Waals surface area contributed by atoms with E-state index in [-0.39, 0.29) is 17.0 Å². The summed E-state index contributed by atoms with van der Waals surface area (Å²) in [6.45, 7) is 2.18. The first-order valence-electron chi connectivity index (χ1n) is 8.17. The van der Waals surface area contributed by atoms with E-state index in [1.165, 1.54) is 38.5 Å². The Balaban J connectivity index is 2.34. The maximum Gasteiger partial charge on any atom is 0.416 e. The number of carbonyl (C=O) groups is 1. The lowest BCUT2D eigenvalue weighted by molar-refractivity contribution is -0.137. The van der Waals surface area contributed by atoms with Gasteiger partial charge in [0.15, 0.2) is 11.5 Å². The van der Waals surface area contributed by atoms with E-state index in [9.17, 15) is 18.0 Å². The van der Waals surface area contributed by atoms with Crippen molar-refractivity contribution >= 4 is 11.6 Å². The Labute approximate surface area is 155 Å². The Kier molecular flexibility index (Phi) is 6.55. The molecule has 0 atom stereocenters. The van der Waals surface area contributed by atoms with Gasteiger partial charge in [0.1, 0.15) is 5.75 Å². The molecule has 0 spiro atoms. The third-order valence-electron chi connectivity index (χ3n) is 3.66. The lowest BCUT2D eigenvalue weighted by atomic mass is 10.1. The third kappa shape index (κ3) is 5.06. The SMILES string of the molecule is CCCOc1ccc(C(F)(F)F)cc1NC(=O)c1ccc(OC)c(OC)c1. The second kappa shape index (κ2) is 8.66. The van der Waals surface area contributed by atoms with Gasteiger partial charge in [-0.2, -0.15) is 13.2 Å². The standard InChI is InChI=1S/C19H20F3NO4/c1-4-9-27-15-8-6-13(19(20,21)22)11-14(15)23-18(24)12-5-7-16(25-2)17(10-12)26-3/h5-8,10-11H,4,9H2,1-3H3,(H,23,24). The molecule has 0 fully saturated rings. The molecule has 2 aromatic carbocycles. The van der Waals surface area contributed by atoms with Gasteiger partial charge >= 0.3 is 6.18 Å². The molecule has 2 rings (SSSR count). The Morgan fingerprint density at radius 3 is 2.26 bits per heavy atom. The normalized spacial score (nSPS) is 11.0. The number of carbonyl (C=O) groups excluding carboxylic acids is 1. The minimum absolute atomic E-state index is 0.0574. The summed E-state index contributed by atoms with van der Waals surface area (Å²) in [5.74, 6) is 0.326. The summed E-state index contributed by atoms with van der Waals surface area (Å²) in [5, 5.41) is 2.48. The minimum Gasteiger partial charge on any atom is -0.493 e. The smallest absolute Gasteiger partial charge is 0.416 e. The Morgan fingerprint density at radius 2 is 1.67 bits per heavy atom. The van der Waals surface area contributed by atoms with E-state index in [1.54, 1.807) is 0 Å². The van der Waals surface area contributed by atoms with E-state index in [1.807, 2.05) is 6.92 Å². The van der Waals surface area contributed by atoms with Crippen LogP contribution in [0.3, 0.4) is 0 Å². The van der Waals surface area contributed by atoms with Crippen LogP contribution in [0.2, 0.25) is 0 Å². The molecule has 0 bridgehead atoms. The van der Waals surface area contributed by atoms with Crippen LogP contribution < -0.4 is 19.5 Å². The molecule has 0 heterocycles. The molecule has 1 N–H and O–H groups in total. The summed E-state index contributed by atoms with van der Waals surface area (Å²) >= 11 is 0. The molecule has 0 aliphatic rings. The van der Waals surface area contributed by atoms with Crippen molar-refractivity contribution in [1.29, 1.82) is 0 Å². The molecule has 0 unspecified atom stereocenters. The van der Waals surface area contributed by atoms with Crippen molar-refractivity contribution in [2.75, 3.05) is 26.1 Å². The molecule has 1 amide bonds. The van der Waals surface area contributed by atoms with E-state index in [0.29, 0.717) is 24.5 Å². The zero-order chi connectivity index (χ0) is 20.0. The van der Waals surface area contributed by atoms with E-state index in [2.05, 4.69) is 5.32 Å². The Bertz CT molecular complexity index is 806. The molecule has 27 heavy (non-hydrogen) atoms. The van der Waals surface area contributed by atoms with Gasteiger partial charge in [-0.25, -0.2) is 0 Å². The quantitative estimate of drug-likeness (QED) is 0.749. The molecule has 0 aromatic heterocycles. The highest BCUT2D eigenvalue weighted by Crippen LogP contribution is 2.35. The number of rotatable bonds is 7. The van der Waals surface area contributed by atoms with Crippen molar-refractivity contribution in [1.82, 2.24) is 0 Å². The average Bonchev–Trinajstić information content (AvgIpc) is 2.65. The number of methoxy groups -OCH3 is 2. The van der Waals surface area contributed by atoms with Gasteiger partial charge in [-0.3, -0.25) is 4.79 Å². The topological polar surface area (TPSA) is 56.8 Å². The van der Waals surface area contributed by atoms with Gasteiger partial charge in [0, 0.05) is 5.56 Å². The van der Waals surface area contributed by atoms with Crippen molar-refractivity contribution in [2.45, 2.75) is 19.5 Å². The molecular formula is C19H20F3NO4. The van der Waals surface area contributed by atoms with Crippen LogP contribution in [-0.4, -0.2) is 26.7 Å². The van der Waals surface area contributed by atoms with E-state index in [0.717, 1.165) is 12.1 Å². The Morgan fingerprint density at radius 1 is 1.00 bits per heavy atom. The summed E-state index contributed by atoms with van der Waals surface area (Å²) in [7, 11) is 2.88. The molecule has 8 heteroatoms. The van der Waals surface area contributed by atoms with E-state index in [4.69, 9.17) is 14.2 Å². The summed E-state index contributed by atoms with van der Waals surface area (Å²) in [6.07, 6.45) is -3.86. The first-order valence-corrected chi connectivity index (χ1v) is 8.17. The molecule has 2 aromatic rings. The number of nitrogens with one attached hydrogen (secondary N) is 1. The van der Waals surface area contributed by atoms with Crippen LogP contribution in [0, 0.1) is 0 Å². The van der Waals surface area contributed by atoms with Gasteiger partial charge in [-0.05, 0) is 42.8 Å². The van der Waals surface area contributed by atoms with Crippen LogP contribution >= 0.6 is 0 Å². The maximum absolute atomic E-state index is 13.0. The van der Waals surface area contributed by atoms with E-state index < -0.39 is 17.6 Å². The van der Waals surface area contributed by atoms with Gasteiger partial charge in [0.05, 0.1) is 32.1 Å². The van der Waals surface area contributed by atoms with Crippen LogP contribution in [0.1, 0.15) is 29.3 Å². The first kappa shape index (κ1) is 20.4. The van der Waals surface area contributed by atoms with E-state index >= 15 is 0 Å². The number of ether oxygens (including phenoxy) is 3. The molecule has 0 radical (unpaired) electrons. The fraction of sp³-hybridized carbons (Fsp3) is 0.316. The highest BCUT2D eigenvalue weighted by molar-refractivity contribution is 6.05. The summed E-state index contributed by atoms with van der Waals surface area (Å²) in [4.78, 5) is 12.5. The number of benzene rings is 2. The highest BCUT2D eigenvalue weighted by Gasteiger charge is 2.31. The third-order valence-corrected chi connectivity index (χ3v) is 3.66. The first-order chi connectivity index (χ1) is 12.8. The van der Waals surface area contributed by atoms with Gasteiger partial charge in [0.25, 0.3) is 5.91 Å². The fourth-order valence-electron chi connectivity index (χ4n) is 2.31. The van der Waals surface area contributed by atoms with Crippen molar-refractivity contribution in [2.24, 2.45) is 0 Å². The van der Waals surface area contributed by atoms with Gasteiger partial charge < -0.3 is 19.5 Å². The number of amides is 1. The molecule has 0 saturated carbocycles. The van der Waals surface area contributed by atoms with Gasteiger partial charge in [-0.1, -0.05) is 6.92 Å². The predicted octanol–water partition coefficient (Wildman–Crippen LogP) is 4.76. The van der Waals surface area contributed by atoms with Crippen molar-refractivity contribution in [3.63, 3.8) is 0 Å². The minimum atomic E-state index is -4.54. The summed E-state index contributed by atoms with van der Waals surface area (Å²) in [5.41, 5.74) is -0.737. The van der Waals surface area contributed by atoms with Crippen LogP contribution in [0.25, 0.3) is 0 Å². The number of halogens is 3. The molecule has 146 valence electrons. The second-order valence-corrected chi connectivity index (χ2v) is 5.58. The molecule has 0 saturated heterocycles. The zero-order valence-electron chi connectivity index (χ0n) is 15.1. The average molecular weight is 383 g/mol. The molecule has 0 aliphatic carbocycles. The van der Waals surface area contributed by atoms with Gasteiger partial charge in [-0.15, -0.1) is 0 Å². The van der Waals surface area contributed by atoms with Crippen LogP contribution in [-0.2, 0) is 6.18 Å².